The lowest BCUT2D eigenvalue weighted by Gasteiger charge is -2.22. The van der Waals surface area contributed by atoms with Crippen molar-refractivity contribution in [2.24, 2.45) is 5.92 Å². The van der Waals surface area contributed by atoms with Crippen LogP contribution in [0.25, 0.3) is 0 Å². The maximum Gasteiger partial charge on any atom is 0.0322 e. The molecule has 0 fully saturated rings. The van der Waals surface area contributed by atoms with Gasteiger partial charge in [-0.05, 0) is 42.9 Å². The van der Waals surface area contributed by atoms with Gasteiger partial charge in [-0.2, -0.15) is 0 Å². The second kappa shape index (κ2) is 9.14. The molecule has 1 rings (SSSR count). The van der Waals surface area contributed by atoms with Gasteiger partial charge in [0.2, 0.25) is 0 Å². The summed E-state index contributed by atoms with van der Waals surface area (Å²) >= 11 is 0. The summed E-state index contributed by atoms with van der Waals surface area (Å²) in [7, 11) is 0. The Morgan fingerprint density at radius 2 is 1.89 bits per heavy atom. The van der Waals surface area contributed by atoms with Crippen molar-refractivity contribution in [3.8, 4) is 0 Å². The predicted octanol–water partition coefficient (Wildman–Crippen LogP) is 5.12. The van der Waals surface area contributed by atoms with E-state index in [0.717, 1.165) is 12.5 Å². The van der Waals surface area contributed by atoms with Crippen molar-refractivity contribution < 1.29 is 0 Å². The lowest BCUT2D eigenvalue weighted by atomic mass is 9.92. The minimum absolute atomic E-state index is 0.520. The third-order valence-corrected chi connectivity index (χ3v) is 3.87. The highest BCUT2D eigenvalue weighted by atomic mass is 14.9. The van der Waals surface area contributed by atoms with Gasteiger partial charge in [0.1, 0.15) is 0 Å². The zero-order chi connectivity index (χ0) is 14.1. The molecule has 0 spiro atoms. The molecule has 0 aromatic heterocycles. The number of nitrogens with one attached hydrogen (secondary N) is 1. The number of rotatable bonds is 9. The van der Waals surface area contributed by atoms with Crippen molar-refractivity contribution in [1.82, 2.24) is 5.32 Å². The molecule has 0 bridgehead atoms. The van der Waals surface area contributed by atoms with Gasteiger partial charge in [-0.15, -0.1) is 0 Å². The van der Waals surface area contributed by atoms with Gasteiger partial charge in [-0.25, -0.2) is 0 Å². The molecule has 1 heteroatoms. The van der Waals surface area contributed by atoms with Crippen LogP contribution in [0.3, 0.4) is 0 Å². The molecular weight excluding hydrogens is 230 g/mol. The van der Waals surface area contributed by atoms with E-state index in [1.165, 1.54) is 43.2 Å². The molecule has 19 heavy (non-hydrogen) atoms. The fourth-order valence-electron chi connectivity index (χ4n) is 2.48. The van der Waals surface area contributed by atoms with E-state index in [1.54, 1.807) is 0 Å². The first kappa shape index (κ1) is 16.2. The van der Waals surface area contributed by atoms with E-state index in [4.69, 9.17) is 0 Å². The maximum absolute atomic E-state index is 3.72. The third kappa shape index (κ3) is 5.78. The minimum atomic E-state index is 0.520. The third-order valence-electron chi connectivity index (χ3n) is 3.87. The summed E-state index contributed by atoms with van der Waals surface area (Å²) in [6, 6.07) is 9.69. The van der Waals surface area contributed by atoms with Crippen molar-refractivity contribution in [1.29, 1.82) is 0 Å². The molecule has 108 valence electrons. The van der Waals surface area contributed by atoms with E-state index in [9.17, 15) is 0 Å². The quantitative estimate of drug-likeness (QED) is 0.651. The molecule has 0 saturated heterocycles. The van der Waals surface area contributed by atoms with Crippen LogP contribution in [0.4, 0.5) is 0 Å². The van der Waals surface area contributed by atoms with Crippen LogP contribution in [0.1, 0.15) is 70.5 Å². The van der Waals surface area contributed by atoms with E-state index < -0.39 is 0 Å². The summed E-state index contributed by atoms with van der Waals surface area (Å²) in [6.07, 6.45) is 6.12. The van der Waals surface area contributed by atoms with E-state index >= 15 is 0 Å². The summed E-state index contributed by atoms with van der Waals surface area (Å²) < 4.78 is 0. The van der Waals surface area contributed by atoms with E-state index in [1.807, 2.05) is 0 Å². The smallest absolute Gasteiger partial charge is 0.0322 e. The highest BCUT2D eigenvalue weighted by molar-refractivity contribution is 5.26. The van der Waals surface area contributed by atoms with Crippen LogP contribution in [0.2, 0.25) is 0 Å². The predicted molar refractivity (Wildman–Crippen MR) is 85.5 cm³/mol. The highest BCUT2D eigenvalue weighted by Gasteiger charge is 2.14. The molecule has 0 heterocycles. The van der Waals surface area contributed by atoms with Crippen LogP contribution in [0, 0.1) is 5.92 Å². The average Bonchev–Trinajstić information content (AvgIpc) is 2.43. The largest absolute Gasteiger partial charge is 0.310 e. The van der Waals surface area contributed by atoms with Gasteiger partial charge in [0, 0.05) is 6.04 Å². The van der Waals surface area contributed by atoms with Gasteiger partial charge in [-0.3, -0.25) is 0 Å². The Kier molecular flexibility index (Phi) is 7.81. The zero-order valence-electron chi connectivity index (χ0n) is 13.2. The topological polar surface area (TPSA) is 12.0 Å². The number of aryl methyl sites for hydroxylation is 1. The number of hydrogen-bond acceptors (Lipinski definition) is 1. The van der Waals surface area contributed by atoms with Crippen molar-refractivity contribution in [2.75, 3.05) is 6.54 Å². The molecule has 1 aromatic carbocycles. The second-order valence-corrected chi connectivity index (χ2v) is 5.75. The van der Waals surface area contributed by atoms with Crippen molar-refractivity contribution in [3.63, 3.8) is 0 Å². The van der Waals surface area contributed by atoms with Crippen LogP contribution in [0.15, 0.2) is 24.3 Å². The van der Waals surface area contributed by atoms with Crippen molar-refractivity contribution >= 4 is 0 Å². The van der Waals surface area contributed by atoms with Gasteiger partial charge in [0.15, 0.2) is 0 Å². The monoisotopic (exact) mass is 261 g/mol. The minimum Gasteiger partial charge on any atom is -0.310 e. The van der Waals surface area contributed by atoms with E-state index in [-0.39, 0.29) is 0 Å². The Hall–Kier alpha value is -0.820. The van der Waals surface area contributed by atoms with Crippen molar-refractivity contribution in [3.05, 3.63) is 35.4 Å². The molecule has 1 nitrogen and oxygen atoms in total. The molecule has 2 atom stereocenters. The lowest BCUT2D eigenvalue weighted by molar-refractivity contribution is 0.402. The van der Waals surface area contributed by atoms with Gasteiger partial charge in [-0.1, -0.05) is 64.8 Å². The molecule has 0 saturated carbocycles. The maximum atomic E-state index is 3.72. The van der Waals surface area contributed by atoms with Crippen LogP contribution in [-0.4, -0.2) is 6.54 Å². The zero-order valence-corrected chi connectivity index (χ0v) is 13.2. The molecule has 0 aliphatic heterocycles. The highest BCUT2D eigenvalue weighted by Crippen LogP contribution is 2.24. The first-order valence-corrected chi connectivity index (χ1v) is 8.03. The van der Waals surface area contributed by atoms with E-state index in [2.05, 4.69) is 57.3 Å². The lowest BCUT2D eigenvalue weighted by Crippen LogP contribution is -2.24. The van der Waals surface area contributed by atoms with Crippen LogP contribution in [0.5, 0.6) is 0 Å². The Morgan fingerprint density at radius 3 is 2.53 bits per heavy atom. The molecule has 0 amide bonds. The molecule has 0 aliphatic carbocycles. The van der Waals surface area contributed by atoms with Gasteiger partial charge in [0.25, 0.3) is 0 Å². The van der Waals surface area contributed by atoms with Gasteiger partial charge in [0.05, 0.1) is 0 Å². The SMILES string of the molecule is CCCNC(CC(C)CC)c1cccc(CCC)c1. The Labute approximate surface area is 119 Å². The van der Waals surface area contributed by atoms with Gasteiger partial charge < -0.3 is 5.32 Å². The fourth-order valence-corrected chi connectivity index (χ4v) is 2.48. The van der Waals surface area contributed by atoms with Crippen LogP contribution >= 0.6 is 0 Å². The molecule has 2 unspecified atom stereocenters. The molecule has 0 aliphatic rings. The fraction of sp³-hybridized carbons (Fsp3) is 0.667. The Bertz CT molecular complexity index is 345. The van der Waals surface area contributed by atoms with E-state index in [0.29, 0.717) is 6.04 Å². The molecule has 1 aromatic rings. The Morgan fingerprint density at radius 1 is 1.11 bits per heavy atom. The van der Waals surface area contributed by atoms with Crippen molar-refractivity contribution in [2.45, 2.75) is 65.8 Å². The van der Waals surface area contributed by atoms with Crippen LogP contribution in [-0.2, 0) is 6.42 Å². The Balaban J connectivity index is 2.79. The standard InChI is InChI=1S/C18H31N/c1-5-9-16-10-8-11-17(14-16)18(19-12-6-2)13-15(4)7-3/h8,10-11,14-15,18-19H,5-7,9,12-13H2,1-4H3. The molecular formula is C18H31N. The summed E-state index contributed by atoms with van der Waals surface area (Å²) in [4.78, 5) is 0. The summed E-state index contributed by atoms with van der Waals surface area (Å²) in [6.45, 7) is 10.2. The second-order valence-electron chi connectivity index (χ2n) is 5.75. The summed E-state index contributed by atoms with van der Waals surface area (Å²) in [5, 5.41) is 3.72. The van der Waals surface area contributed by atoms with Crippen LogP contribution < -0.4 is 5.32 Å². The summed E-state index contributed by atoms with van der Waals surface area (Å²) in [5.41, 5.74) is 2.95. The normalized spacial score (nSPS) is 14.3. The summed E-state index contributed by atoms with van der Waals surface area (Å²) in [5.74, 6) is 0.782. The first-order chi connectivity index (χ1) is 9.21. The average molecular weight is 261 g/mol. The van der Waals surface area contributed by atoms with Gasteiger partial charge >= 0.3 is 0 Å². The number of hydrogen-bond donors (Lipinski definition) is 1. The molecule has 0 radical (unpaired) electrons. The number of benzene rings is 1. The first-order valence-electron chi connectivity index (χ1n) is 8.03. The molecule has 1 N–H and O–H groups in total.